The first-order valence-electron chi connectivity index (χ1n) is 8.84. The number of aryl methyl sites for hydroxylation is 1. The van der Waals surface area contributed by atoms with Crippen molar-refractivity contribution in [3.63, 3.8) is 0 Å². The topological polar surface area (TPSA) is 93.2 Å². The average Bonchev–Trinajstić information content (AvgIpc) is 2.93. The molecule has 1 aromatic heterocycles. The van der Waals surface area contributed by atoms with Crippen molar-refractivity contribution in [2.45, 2.75) is 37.6 Å². The Balaban J connectivity index is 0.00000196. The van der Waals surface area contributed by atoms with Gasteiger partial charge in [-0.25, -0.2) is 0 Å². The second-order valence-corrected chi connectivity index (χ2v) is 7.01. The zero-order valence-corrected chi connectivity index (χ0v) is 15.6. The first kappa shape index (κ1) is 18.7. The van der Waals surface area contributed by atoms with E-state index in [1.807, 2.05) is 23.9 Å². The Hall–Kier alpha value is -2.12. The molecule has 1 unspecified atom stereocenters. The van der Waals surface area contributed by atoms with Crippen LogP contribution in [0.25, 0.3) is 10.9 Å². The molecule has 0 aliphatic carbocycles. The number of carbonyl (C=O) groups excluding carboxylic acids is 2. The number of nitrogens with one attached hydrogen (secondary N) is 1. The Morgan fingerprint density at radius 3 is 2.62 bits per heavy atom. The minimum Gasteiger partial charge on any atom is -0.370 e. The summed E-state index contributed by atoms with van der Waals surface area (Å²) in [5.74, 6) is -0.816. The van der Waals surface area contributed by atoms with Crippen molar-refractivity contribution in [1.29, 1.82) is 0 Å². The summed E-state index contributed by atoms with van der Waals surface area (Å²) in [6.45, 7) is 1.86. The molecule has 0 saturated carbocycles. The SMILES string of the molecule is Cl.Cn1nc(C2CCC(=O)NC2=O)c2cccc(N3CCC(N)CC3)c21. The van der Waals surface area contributed by atoms with E-state index in [0.717, 1.165) is 48.2 Å². The molecule has 26 heavy (non-hydrogen) atoms. The maximum atomic E-state index is 12.3. The third kappa shape index (κ3) is 3.17. The molecule has 3 heterocycles. The second kappa shape index (κ2) is 7.25. The van der Waals surface area contributed by atoms with E-state index in [0.29, 0.717) is 12.8 Å². The molecular weight excluding hydrogens is 354 g/mol. The molecule has 7 nitrogen and oxygen atoms in total. The number of nitrogens with zero attached hydrogens (tertiary/aromatic N) is 3. The van der Waals surface area contributed by atoms with Crippen molar-refractivity contribution < 1.29 is 9.59 Å². The van der Waals surface area contributed by atoms with E-state index in [1.54, 1.807) is 0 Å². The van der Waals surface area contributed by atoms with Gasteiger partial charge in [0, 0.05) is 38.0 Å². The number of aromatic nitrogens is 2. The van der Waals surface area contributed by atoms with Crippen LogP contribution in [0, 0.1) is 0 Å². The number of nitrogens with two attached hydrogens (primary N) is 1. The lowest BCUT2D eigenvalue weighted by atomic mass is 9.92. The molecule has 140 valence electrons. The Morgan fingerprint density at radius 1 is 1.19 bits per heavy atom. The van der Waals surface area contributed by atoms with Crippen LogP contribution < -0.4 is 16.0 Å². The third-order valence-electron chi connectivity index (χ3n) is 5.32. The number of imide groups is 1. The summed E-state index contributed by atoms with van der Waals surface area (Å²) in [6.07, 6.45) is 2.83. The van der Waals surface area contributed by atoms with Crippen LogP contribution in [0.1, 0.15) is 37.3 Å². The Kier molecular flexibility index (Phi) is 5.20. The van der Waals surface area contributed by atoms with Crippen molar-refractivity contribution in [1.82, 2.24) is 15.1 Å². The number of benzene rings is 1. The number of halogens is 1. The smallest absolute Gasteiger partial charge is 0.235 e. The number of amides is 2. The molecule has 2 aromatic rings. The summed E-state index contributed by atoms with van der Waals surface area (Å²) >= 11 is 0. The van der Waals surface area contributed by atoms with Crippen molar-refractivity contribution in [2.75, 3.05) is 18.0 Å². The molecule has 3 N–H and O–H groups in total. The standard InChI is InChI=1S/C18H23N5O2.ClH/c1-22-17-12(16(21-22)13-5-6-15(24)20-18(13)25)3-2-4-14(17)23-9-7-11(19)8-10-23;/h2-4,11,13H,5-10,19H2,1H3,(H,20,24,25);1H. The van der Waals surface area contributed by atoms with Crippen LogP contribution >= 0.6 is 12.4 Å². The van der Waals surface area contributed by atoms with E-state index in [-0.39, 0.29) is 36.2 Å². The highest BCUT2D eigenvalue weighted by Gasteiger charge is 2.32. The van der Waals surface area contributed by atoms with Crippen LogP contribution in [0.4, 0.5) is 5.69 Å². The fraction of sp³-hybridized carbons (Fsp3) is 0.500. The summed E-state index contributed by atoms with van der Waals surface area (Å²) in [5, 5.41) is 8.08. The van der Waals surface area contributed by atoms with E-state index in [4.69, 9.17) is 5.73 Å². The van der Waals surface area contributed by atoms with Gasteiger partial charge in [-0.1, -0.05) is 12.1 Å². The summed E-state index contributed by atoms with van der Waals surface area (Å²) < 4.78 is 1.86. The van der Waals surface area contributed by atoms with Crippen LogP contribution in [-0.2, 0) is 16.6 Å². The van der Waals surface area contributed by atoms with Gasteiger partial charge in [-0.2, -0.15) is 5.10 Å². The van der Waals surface area contributed by atoms with Crippen LogP contribution in [-0.4, -0.2) is 40.7 Å². The van der Waals surface area contributed by atoms with Crippen LogP contribution in [0.5, 0.6) is 0 Å². The van der Waals surface area contributed by atoms with Crippen LogP contribution in [0.2, 0.25) is 0 Å². The summed E-state index contributed by atoms with van der Waals surface area (Å²) in [6, 6.07) is 6.42. The summed E-state index contributed by atoms with van der Waals surface area (Å²) in [4.78, 5) is 26.1. The number of piperidine rings is 2. The minimum absolute atomic E-state index is 0. The Bertz CT molecular complexity index is 841. The highest BCUT2D eigenvalue weighted by atomic mass is 35.5. The van der Waals surface area contributed by atoms with Gasteiger partial charge in [0.2, 0.25) is 11.8 Å². The predicted octanol–water partition coefficient (Wildman–Crippen LogP) is 1.44. The molecule has 4 rings (SSSR count). The zero-order chi connectivity index (χ0) is 17.6. The zero-order valence-electron chi connectivity index (χ0n) is 14.8. The molecule has 2 aliphatic heterocycles. The van der Waals surface area contributed by atoms with Crippen molar-refractivity contribution in [3.8, 4) is 0 Å². The molecule has 1 atom stereocenters. The lowest BCUT2D eigenvalue weighted by molar-refractivity contribution is -0.134. The fourth-order valence-corrected chi connectivity index (χ4v) is 3.95. The molecular formula is C18H24ClN5O2. The molecule has 0 radical (unpaired) electrons. The van der Waals surface area contributed by atoms with Gasteiger partial charge < -0.3 is 10.6 Å². The number of carbonyl (C=O) groups is 2. The van der Waals surface area contributed by atoms with Gasteiger partial charge in [-0.3, -0.25) is 19.6 Å². The molecule has 2 amide bonds. The quantitative estimate of drug-likeness (QED) is 0.772. The van der Waals surface area contributed by atoms with E-state index < -0.39 is 0 Å². The van der Waals surface area contributed by atoms with Crippen molar-refractivity contribution in [3.05, 3.63) is 23.9 Å². The lowest BCUT2D eigenvalue weighted by Gasteiger charge is -2.32. The molecule has 2 fully saturated rings. The molecule has 2 aliphatic rings. The van der Waals surface area contributed by atoms with Gasteiger partial charge >= 0.3 is 0 Å². The average molecular weight is 378 g/mol. The maximum absolute atomic E-state index is 12.3. The highest BCUT2D eigenvalue weighted by Crippen LogP contribution is 2.35. The van der Waals surface area contributed by atoms with Gasteiger partial charge in [0.25, 0.3) is 0 Å². The Morgan fingerprint density at radius 2 is 1.92 bits per heavy atom. The second-order valence-electron chi connectivity index (χ2n) is 7.01. The van der Waals surface area contributed by atoms with Crippen LogP contribution in [0.15, 0.2) is 18.2 Å². The Labute approximate surface area is 158 Å². The van der Waals surface area contributed by atoms with Gasteiger partial charge in [0.1, 0.15) is 0 Å². The molecule has 1 aromatic carbocycles. The van der Waals surface area contributed by atoms with E-state index >= 15 is 0 Å². The number of hydrogen-bond donors (Lipinski definition) is 2. The van der Waals surface area contributed by atoms with E-state index in [2.05, 4.69) is 21.4 Å². The number of hydrogen-bond acceptors (Lipinski definition) is 5. The minimum atomic E-state index is -0.369. The normalized spacial score (nSPS) is 21.6. The van der Waals surface area contributed by atoms with Gasteiger partial charge in [0.15, 0.2) is 0 Å². The van der Waals surface area contributed by atoms with Crippen LogP contribution in [0.3, 0.4) is 0 Å². The number of rotatable bonds is 2. The van der Waals surface area contributed by atoms with Gasteiger partial charge in [-0.05, 0) is 25.3 Å². The number of para-hydroxylation sites is 1. The third-order valence-corrected chi connectivity index (χ3v) is 5.32. The van der Waals surface area contributed by atoms with E-state index in [9.17, 15) is 9.59 Å². The first-order chi connectivity index (χ1) is 12.0. The number of fused-ring (bicyclic) bond motifs is 1. The van der Waals surface area contributed by atoms with E-state index in [1.165, 1.54) is 0 Å². The number of anilines is 1. The van der Waals surface area contributed by atoms with Crippen molar-refractivity contribution in [2.24, 2.45) is 12.8 Å². The van der Waals surface area contributed by atoms with Gasteiger partial charge in [-0.15, -0.1) is 12.4 Å². The molecule has 0 bridgehead atoms. The molecule has 8 heteroatoms. The summed E-state index contributed by atoms with van der Waals surface area (Å²) in [5.41, 5.74) is 8.97. The predicted molar refractivity (Wildman–Crippen MR) is 103 cm³/mol. The monoisotopic (exact) mass is 377 g/mol. The first-order valence-corrected chi connectivity index (χ1v) is 8.84. The lowest BCUT2D eigenvalue weighted by Crippen LogP contribution is -2.40. The highest BCUT2D eigenvalue weighted by molar-refractivity contribution is 6.03. The van der Waals surface area contributed by atoms with Gasteiger partial charge in [0.05, 0.1) is 22.8 Å². The maximum Gasteiger partial charge on any atom is 0.235 e. The molecule has 0 spiro atoms. The molecule has 2 saturated heterocycles. The fourth-order valence-electron chi connectivity index (χ4n) is 3.95. The largest absolute Gasteiger partial charge is 0.370 e. The summed E-state index contributed by atoms with van der Waals surface area (Å²) in [7, 11) is 1.91. The van der Waals surface area contributed by atoms with Crippen molar-refractivity contribution >= 4 is 40.8 Å².